The van der Waals surface area contributed by atoms with Crippen LogP contribution in [0, 0.1) is 0 Å². The SMILES string of the molecule is C/C=C(\C=N/NC1CCN(C(=O)OC(C)(C)C)CC1)B1OC(C)(C)C(C)(C)O1. The lowest BCUT2D eigenvalue weighted by molar-refractivity contribution is 0.00578. The van der Waals surface area contributed by atoms with Crippen LogP contribution in [0.2, 0.25) is 0 Å². The van der Waals surface area contributed by atoms with Gasteiger partial charge >= 0.3 is 13.2 Å². The summed E-state index contributed by atoms with van der Waals surface area (Å²) >= 11 is 0. The molecule has 0 aromatic heterocycles. The van der Waals surface area contributed by atoms with Gasteiger partial charge in [-0.05, 0) is 73.7 Å². The molecule has 0 bridgehead atoms. The number of hydrogen-bond donors (Lipinski definition) is 1. The van der Waals surface area contributed by atoms with Crippen LogP contribution in [0.3, 0.4) is 0 Å². The lowest BCUT2D eigenvalue weighted by atomic mass is 9.79. The van der Waals surface area contributed by atoms with Crippen LogP contribution < -0.4 is 5.43 Å². The Morgan fingerprint density at radius 3 is 2.18 bits per heavy atom. The summed E-state index contributed by atoms with van der Waals surface area (Å²) in [5, 5.41) is 4.40. The van der Waals surface area contributed by atoms with E-state index in [-0.39, 0.29) is 23.3 Å². The predicted octanol–water partition coefficient (Wildman–Crippen LogP) is 3.54. The van der Waals surface area contributed by atoms with Crippen molar-refractivity contribution in [3.8, 4) is 0 Å². The molecule has 0 spiro atoms. The maximum absolute atomic E-state index is 12.1. The highest BCUT2D eigenvalue weighted by Gasteiger charge is 2.52. The molecule has 2 aliphatic heterocycles. The summed E-state index contributed by atoms with van der Waals surface area (Å²) in [6, 6.07) is 0.228. The molecule has 1 N–H and O–H groups in total. The van der Waals surface area contributed by atoms with E-state index in [2.05, 4.69) is 10.5 Å². The molecular formula is C20H36BN3O4. The molecule has 2 rings (SSSR count). The Balaban J connectivity index is 1.81. The van der Waals surface area contributed by atoms with Gasteiger partial charge in [0.1, 0.15) is 5.60 Å². The molecule has 2 saturated heterocycles. The van der Waals surface area contributed by atoms with E-state index in [0.717, 1.165) is 18.3 Å². The average molecular weight is 393 g/mol. The van der Waals surface area contributed by atoms with Crippen molar-refractivity contribution < 1.29 is 18.8 Å². The summed E-state index contributed by atoms with van der Waals surface area (Å²) in [7, 11) is -0.422. The summed E-state index contributed by atoms with van der Waals surface area (Å²) < 4.78 is 17.6. The first-order valence-corrected chi connectivity index (χ1v) is 10.1. The molecular weight excluding hydrogens is 357 g/mol. The Morgan fingerprint density at radius 2 is 1.71 bits per heavy atom. The topological polar surface area (TPSA) is 72.4 Å². The number of hydrogen-bond acceptors (Lipinski definition) is 6. The number of allylic oxidation sites excluding steroid dienone is 2. The van der Waals surface area contributed by atoms with Crippen molar-refractivity contribution in [2.45, 2.75) is 91.1 Å². The van der Waals surface area contributed by atoms with Gasteiger partial charge in [-0.3, -0.25) is 0 Å². The van der Waals surface area contributed by atoms with Gasteiger partial charge in [-0.25, -0.2) is 4.79 Å². The van der Waals surface area contributed by atoms with Gasteiger partial charge in [-0.1, -0.05) is 6.08 Å². The van der Waals surface area contributed by atoms with E-state index in [1.54, 1.807) is 11.1 Å². The summed E-state index contributed by atoms with van der Waals surface area (Å²) in [4.78, 5) is 13.9. The third-order valence-corrected chi connectivity index (χ3v) is 5.48. The Morgan fingerprint density at radius 1 is 1.18 bits per heavy atom. The van der Waals surface area contributed by atoms with Crippen molar-refractivity contribution in [2.24, 2.45) is 5.10 Å². The second-order valence-electron chi connectivity index (χ2n) is 9.51. The molecule has 2 heterocycles. The zero-order valence-electron chi connectivity index (χ0n) is 18.7. The summed E-state index contributed by atoms with van der Waals surface area (Å²) in [5.74, 6) is 0. The molecule has 0 unspecified atom stereocenters. The van der Waals surface area contributed by atoms with E-state index in [0.29, 0.717) is 13.1 Å². The van der Waals surface area contributed by atoms with E-state index in [1.807, 2.05) is 61.5 Å². The van der Waals surface area contributed by atoms with Crippen molar-refractivity contribution >= 4 is 19.4 Å². The van der Waals surface area contributed by atoms with Crippen LogP contribution in [0.4, 0.5) is 4.79 Å². The van der Waals surface area contributed by atoms with Gasteiger partial charge in [0.25, 0.3) is 0 Å². The molecule has 1 amide bonds. The van der Waals surface area contributed by atoms with Crippen molar-refractivity contribution in [3.63, 3.8) is 0 Å². The molecule has 0 atom stereocenters. The molecule has 8 heteroatoms. The monoisotopic (exact) mass is 393 g/mol. The fraction of sp³-hybridized carbons (Fsp3) is 0.800. The van der Waals surface area contributed by atoms with Crippen molar-refractivity contribution in [1.82, 2.24) is 10.3 Å². The van der Waals surface area contributed by atoms with Crippen LogP contribution in [0.25, 0.3) is 0 Å². The number of carbonyl (C=O) groups excluding carboxylic acids is 1. The zero-order chi connectivity index (χ0) is 21.2. The van der Waals surface area contributed by atoms with E-state index in [1.165, 1.54) is 0 Å². The summed E-state index contributed by atoms with van der Waals surface area (Å²) in [6.45, 7) is 17.1. The molecule has 0 aromatic rings. The average Bonchev–Trinajstić information content (AvgIpc) is 2.78. The van der Waals surface area contributed by atoms with Gasteiger partial charge in [0, 0.05) is 25.3 Å². The Bertz CT molecular complexity index is 601. The molecule has 0 aromatic carbocycles. The van der Waals surface area contributed by atoms with E-state index >= 15 is 0 Å². The molecule has 7 nitrogen and oxygen atoms in total. The highest BCUT2D eigenvalue weighted by atomic mass is 16.7. The fourth-order valence-electron chi connectivity index (χ4n) is 2.99. The van der Waals surface area contributed by atoms with Gasteiger partial charge in [-0.2, -0.15) is 5.10 Å². The van der Waals surface area contributed by atoms with E-state index in [4.69, 9.17) is 14.0 Å². The van der Waals surface area contributed by atoms with Crippen LogP contribution >= 0.6 is 0 Å². The largest absolute Gasteiger partial charge is 0.496 e. The predicted molar refractivity (Wildman–Crippen MR) is 112 cm³/mol. The lowest BCUT2D eigenvalue weighted by Crippen LogP contribution is -2.45. The number of hydrazone groups is 1. The fourth-order valence-corrected chi connectivity index (χ4v) is 2.99. The maximum atomic E-state index is 12.1. The number of ether oxygens (including phenoxy) is 1. The van der Waals surface area contributed by atoms with Crippen LogP contribution in [0.1, 0.15) is 68.2 Å². The third-order valence-electron chi connectivity index (χ3n) is 5.48. The van der Waals surface area contributed by atoms with Crippen LogP contribution in [0.15, 0.2) is 16.6 Å². The molecule has 0 radical (unpaired) electrons. The minimum atomic E-state index is -0.465. The highest BCUT2D eigenvalue weighted by molar-refractivity contribution is 6.60. The first kappa shape index (κ1) is 22.8. The lowest BCUT2D eigenvalue weighted by Gasteiger charge is -2.33. The van der Waals surface area contributed by atoms with Crippen LogP contribution in [-0.2, 0) is 14.0 Å². The minimum absolute atomic E-state index is 0.228. The Labute approximate surface area is 170 Å². The highest BCUT2D eigenvalue weighted by Crippen LogP contribution is 2.38. The molecule has 28 heavy (non-hydrogen) atoms. The van der Waals surface area contributed by atoms with Crippen molar-refractivity contribution in [2.75, 3.05) is 13.1 Å². The molecule has 158 valence electrons. The number of piperidine rings is 1. The number of amides is 1. The van der Waals surface area contributed by atoms with E-state index < -0.39 is 12.7 Å². The molecule has 2 fully saturated rings. The Kier molecular flexibility index (Phi) is 6.87. The molecule has 0 saturated carbocycles. The number of likely N-dealkylation sites (tertiary alicyclic amines) is 1. The number of carbonyl (C=O) groups is 1. The van der Waals surface area contributed by atoms with Gasteiger partial charge in [-0.15, -0.1) is 0 Å². The Hall–Kier alpha value is -1.54. The first-order valence-electron chi connectivity index (χ1n) is 10.1. The van der Waals surface area contributed by atoms with Gasteiger partial charge in [0.15, 0.2) is 0 Å². The number of nitrogens with one attached hydrogen (secondary N) is 1. The third kappa shape index (κ3) is 5.73. The smallest absolute Gasteiger partial charge is 0.444 e. The minimum Gasteiger partial charge on any atom is -0.444 e. The van der Waals surface area contributed by atoms with Crippen LogP contribution in [-0.4, -0.2) is 60.3 Å². The summed E-state index contributed by atoms with van der Waals surface area (Å²) in [6.07, 6.45) is 5.14. The molecule has 2 aliphatic rings. The second-order valence-corrected chi connectivity index (χ2v) is 9.51. The summed E-state index contributed by atoms with van der Waals surface area (Å²) in [5.41, 5.74) is 2.87. The second kappa shape index (κ2) is 8.45. The van der Waals surface area contributed by atoms with Crippen LogP contribution in [0.5, 0.6) is 0 Å². The number of nitrogens with zero attached hydrogens (tertiary/aromatic N) is 2. The van der Waals surface area contributed by atoms with Gasteiger partial charge < -0.3 is 24.4 Å². The maximum Gasteiger partial charge on any atom is 0.496 e. The van der Waals surface area contributed by atoms with Gasteiger partial charge in [0.2, 0.25) is 0 Å². The van der Waals surface area contributed by atoms with Crippen molar-refractivity contribution in [1.29, 1.82) is 0 Å². The normalized spacial score (nSPS) is 23.4. The molecule has 0 aliphatic carbocycles. The first-order chi connectivity index (χ1) is 12.8. The zero-order valence-corrected chi connectivity index (χ0v) is 18.7. The standard InChI is InChI=1S/C20H36BN3O4/c1-9-15(21-27-19(5,6)20(7,8)28-21)14-22-23-16-10-12-24(13-11-16)17(25)26-18(2,3)4/h9,14,16,23H,10-13H2,1-8H3/b15-9+,22-14-. The van der Waals surface area contributed by atoms with E-state index in [9.17, 15) is 4.79 Å². The van der Waals surface area contributed by atoms with Gasteiger partial charge in [0.05, 0.1) is 11.2 Å². The quantitative estimate of drug-likeness (QED) is 0.449. The van der Waals surface area contributed by atoms with Crippen molar-refractivity contribution in [3.05, 3.63) is 11.5 Å². The number of rotatable bonds is 4.